The molecule has 0 atom stereocenters. The molecule has 134 valence electrons. The van der Waals surface area contributed by atoms with Gasteiger partial charge in [-0.2, -0.15) is 0 Å². The molecule has 1 fully saturated rings. The Morgan fingerprint density at radius 2 is 1.64 bits per heavy atom. The Hall–Kier alpha value is -1.48. The third kappa shape index (κ3) is 4.57. The second-order valence-electron chi connectivity index (χ2n) is 7.61. The van der Waals surface area contributed by atoms with Crippen LogP contribution in [0.2, 0.25) is 6.04 Å². The molecule has 0 bridgehead atoms. The smallest absolute Gasteiger partial charge is 0.131 e. The van der Waals surface area contributed by atoms with E-state index in [1.54, 1.807) is 31.2 Å². The maximum Gasteiger partial charge on any atom is 0.131 e. The van der Waals surface area contributed by atoms with Crippen molar-refractivity contribution >= 4 is 10.2 Å². The molecule has 1 aliphatic carbocycles. The Balaban J connectivity index is 1.63. The van der Waals surface area contributed by atoms with Crippen molar-refractivity contribution in [2.45, 2.75) is 51.5 Å². The first-order valence-corrected chi connectivity index (χ1v) is 11.0. The fraction of sp³-hybridized carbons (Fsp3) is 0.455. The van der Waals surface area contributed by atoms with E-state index in [4.69, 9.17) is 0 Å². The summed E-state index contributed by atoms with van der Waals surface area (Å²) in [7, 11) is 1.33. The molecule has 2 aromatic carbocycles. The van der Waals surface area contributed by atoms with Crippen molar-refractivity contribution in [3.63, 3.8) is 0 Å². The van der Waals surface area contributed by atoms with Crippen LogP contribution in [0.1, 0.15) is 43.2 Å². The van der Waals surface area contributed by atoms with Crippen LogP contribution in [0.25, 0.3) is 11.1 Å². The lowest BCUT2D eigenvalue weighted by Crippen LogP contribution is -2.14. The van der Waals surface area contributed by atoms with Gasteiger partial charge in [0.1, 0.15) is 11.6 Å². The number of halogens is 2. The minimum absolute atomic E-state index is 0.250. The van der Waals surface area contributed by atoms with E-state index in [-0.39, 0.29) is 11.6 Å². The number of hydrogen-bond acceptors (Lipinski definition) is 0. The van der Waals surface area contributed by atoms with Crippen LogP contribution in [0, 0.1) is 30.4 Å². The molecule has 1 aliphatic rings. The Morgan fingerprint density at radius 3 is 2.28 bits per heavy atom. The van der Waals surface area contributed by atoms with E-state index in [0.29, 0.717) is 16.7 Å². The third-order valence-electron chi connectivity index (χ3n) is 5.90. The monoisotopic (exact) mass is 358 g/mol. The lowest BCUT2D eigenvalue weighted by atomic mass is 9.80. The van der Waals surface area contributed by atoms with E-state index in [1.165, 1.54) is 48.0 Å². The van der Waals surface area contributed by atoms with E-state index in [1.807, 2.05) is 6.07 Å². The summed E-state index contributed by atoms with van der Waals surface area (Å²) in [5.41, 5.74) is 2.73. The molecule has 2 aromatic rings. The van der Waals surface area contributed by atoms with Gasteiger partial charge >= 0.3 is 0 Å². The van der Waals surface area contributed by atoms with Gasteiger partial charge in [-0.1, -0.05) is 56.0 Å². The molecule has 0 aromatic heterocycles. The molecular formula is C22H28F2Si. The molecule has 0 heterocycles. The number of benzene rings is 2. The molecular weight excluding hydrogens is 330 g/mol. The maximum absolute atomic E-state index is 14.5. The van der Waals surface area contributed by atoms with Gasteiger partial charge < -0.3 is 0 Å². The zero-order valence-electron chi connectivity index (χ0n) is 15.3. The molecule has 0 N–H and O–H groups in total. The summed E-state index contributed by atoms with van der Waals surface area (Å²) in [5, 5.41) is 0. The Bertz CT molecular complexity index is 718. The average molecular weight is 359 g/mol. The molecule has 0 spiro atoms. The lowest BCUT2D eigenvalue weighted by molar-refractivity contribution is 0.278. The van der Waals surface area contributed by atoms with Crippen LogP contribution >= 0.6 is 0 Å². The van der Waals surface area contributed by atoms with Crippen LogP contribution < -0.4 is 0 Å². The molecule has 1 saturated carbocycles. The molecule has 0 aliphatic heterocycles. The highest BCUT2D eigenvalue weighted by Crippen LogP contribution is 2.33. The molecule has 0 amide bonds. The highest BCUT2D eigenvalue weighted by molar-refractivity contribution is 6.08. The maximum atomic E-state index is 14.5. The van der Waals surface area contributed by atoms with Crippen molar-refractivity contribution in [3.8, 4) is 11.1 Å². The van der Waals surface area contributed by atoms with Gasteiger partial charge in [-0.3, -0.25) is 0 Å². The fourth-order valence-corrected chi connectivity index (χ4v) is 4.82. The number of rotatable bonds is 5. The van der Waals surface area contributed by atoms with Crippen molar-refractivity contribution in [2.24, 2.45) is 11.8 Å². The van der Waals surface area contributed by atoms with Gasteiger partial charge in [-0.25, -0.2) is 8.78 Å². The van der Waals surface area contributed by atoms with Gasteiger partial charge in [0.15, 0.2) is 0 Å². The molecule has 3 rings (SSSR count). The van der Waals surface area contributed by atoms with Crippen molar-refractivity contribution < 1.29 is 8.78 Å². The van der Waals surface area contributed by atoms with Gasteiger partial charge in [-0.15, -0.1) is 0 Å². The Morgan fingerprint density at radius 1 is 0.920 bits per heavy atom. The summed E-state index contributed by atoms with van der Waals surface area (Å²) < 4.78 is 28.2. The third-order valence-corrected chi connectivity index (χ3v) is 7.06. The average Bonchev–Trinajstić information content (AvgIpc) is 2.63. The first-order chi connectivity index (χ1) is 12.1. The summed E-state index contributed by atoms with van der Waals surface area (Å²) in [6.07, 6.45) is 7.56. The van der Waals surface area contributed by atoms with Crippen LogP contribution in [0.3, 0.4) is 0 Å². The summed E-state index contributed by atoms with van der Waals surface area (Å²) >= 11 is 0. The van der Waals surface area contributed by atoms with E-state index < -0.39 is 0 Å². The van der Waals surface area contributed by atoms with E-state index in [0.717, 1.165) is 30.2 Å². The summed E-state index contributed by atoms with van der Waals surface area (Å²) in [6.45, 7) is 1.72. The standard InChI is InChI=1S/C22H28F2Si/c1-15-2-10-19(13-21(15)23)20-11-9-17(12-22(20)24)6-3-16-4-7-18(14-25)8-5-16/h2,9-13,16,18H,3-8,14H2,1,25H3. The summed E-state index contributed by atoms with van der Waals surface area (Å²) in [4.78, 5) is 0. The zero-order valence-corrected chi connectivity index (χ0v) is 17.3. The SMILES string of the molecule is Cc1ccc(-c2ccc(CCC3CCC(C[SiH3])CC3)cc2F)cc1F. The molecule has 0 saturated heterocycles. The minimum Gasteiger partial charge on any atom is -0.207 e. The second-order valence-corrected chi connectivity index (χ2v) is 8.43. The summed E-state index contributed by atoms with van der Waals surface area (Å²) in [6, 6.07) is 11.8. The van der Waals surface area contributed by atoms with Crippen molar-refractivity contribution in [2.75, 3.05) is 0 Å². The second kappa shape index (κ2) is 8.26. The van der Waals surface area contributed by atoms with E-state index >= 15 is 0 Å². The zero-order chi connectivity index (χ0) is 17.8. The Kier molecular flexibility index (Phi) is 6.05. The normalized spacial score (nSPS) is 20.8. The van der Waals surface area contributed by atoms with Crippen molar-refractivity contribution in [1.29, 1.82) is 0 Å². The first-order valence-electron chi connectivity index (χ1n) is 9.61. The van der Waals surface area contributed by atoms with Gasteiger partial charge in [0, 0.05) is 15.8 Å². The topological polar surface area (TPSA) is 0 Å². The predicted octanol–water partition coefficient (Wildman–Crippen LogP) is 5.46. The largest absolute Gasteiger partial charge is 0.207 e. The van der Waals surface area contributed by atoms with E-state index in [2.05, 4.69) is 0 Å². The van der Waals surface area contributed by atoms with Crippen LogP contribution in [0.5, 0.6) is 0 Å². The molecule has 3 heteroatoms. The highest BCUT2D eigenvalue weighted by Gasteiger charge is 2.19. The highest BCUT2D eigenvalue weighted by atomic mass is 28.1. The van der Waals surface area contributed by atoms with E-state index in [9.17, 15) is 8.78 Å². The lowest BCUT2D eigenvalue weighted by Gasteiger charge is -2.27. The summed E-state index contributed by atoms with van der Waals surface area (Å²) in [5.74, 6) is 1.25. The van der Waals surface area contributed by atoms with Gasteiger partial charge in [-0.05, 0) is 60.4 Å². The van der Waals surface area contributed by atoms with Crippen LogP contribution in [-0.2, 0) is 6.42 Å². The number of aryl methyl sites for hydroxylation is 2. The Labute approximate surface area is 153 Å². The molecule has 0 nitrogen and oxygen atoms in total. The molecule has 25 heavy (non-hydrogen) atoms. The van der Waals surface area contributed by atoms with Crippen molar-refractivity contribution in [3.05, 3.63) is 59.2 Å². The van der Waals surface area contributed by atoms with Gasteiger partial charge in [0.2, 0.25) is 0 Å². The predicted molar refractivity (Wildman–Crippen MR) is 105 cm³/mol. The van der Waals surface area contributed by atoms with Crippen molar-refractivity contribution in [1.82, 2.24) is 0 Å². The molecule has 0 radical (unpaired) electrons. The van der Waals surface area contributed by atoms with Gasteiger partial charge in [0.25, 0.3) is 0 Å². The number of hydrogen-bond donors (Lipinski definition) is 0. The fourth-order valence-electron chi connectivity index (χ4n) is 4.01. The van der Waals surface area contributed by atoms with Crippen LogP contribution in [0.4, 0.5) is 8.78 Å². The van der Waals surface area contributed by atoms with Crippen LogP contribution in [-0.4, -0.2) is 10.2 Å². The minimum atomic E-state index is -0.286. The van der Waals surface area contributed by atoms with Crippen LogP contribution in [0.15, 0.2) is 36.4 Å². The quantitative estimate of drug-likeness (QED) is 0.622. The van der Waals surface area contributed by atoms with Gasteiger partial charge in [0.05, 0.1) is 0 Å². The molecule has 0 unspecified atom stereocenters. The first kappa shape index (κ1) is 18.3.